The number of terminal acetylenes is 1. The zero-order chi connectivity index (χ0) is 19.1. The number of aliphatic hydroxyl groups is 1. The molecule has 2 unspecified atom stereocenters. The van der Waals surface area contributed by atoms with Gasteiger partial charge in [-0.15, -0.1) is 18.8 Å². The van der Waals surface area contributed by atoms with Gasteiger partial charge in [-0.05, 0) is 54.7 Å². The number of nitrogens with one attached hydrogen (secondary N) is 1. The van der Waals surface area contributed by atoms with Crippen molar-refractivity contribution in [2.24, 2.45) is 0 Å². The molecular formula is C22H26ClNO4. The number of hydrogen-bond acceptors (Lipinski definition) is 5. The van der Waals surface area contributed by atoms with Crippen LogP contribution in [0.25, 0.3) is 0 Å². The summed E-state index contributed by atoms with van der Waals surface area (Å²) in [6.45, 7) is 0.767. The average Bonchev–Trinajstić information content (AvgIpc) is 2.69. The minimum absolute atomic E-state index is 0. The maximum atomic E-state index is 10.2. The van der Waals surface area contributed by atoms with Crippen LogP contribution in [0.4, 0.5) is 0 Å². The molecule has 150 valence electrons. The second kappa shape index (κ2) is 10.8. The van der Waals surface area contributed by atoms with E-state index in [1.807, 2.05) is 24.3 Å². The van der Waals surface area contributed by atoms with Gasteiger partial charge in [0.25, 0.3) is 0 Å². The van der Waals surface area contributed by atoms with Gasteiger partial charge in [0.1, 0.15) is 25.1 Å². The van der Waals surface area contributed by atoms with E-state index in [0.29, 0.717) is 23.8 Å². The van der Waals surface area contributed by atoms with Crippen molar-refractivity contribution in [2.45, 2.75) is 31.4 Å². The number of aliphatic hydroxyl groups excluding tert-OH is 1. The van der Waals surface area contributed by atoms with E-state index in [-0.39, 0.29) is 31.7 Å². The van der Waals surface area contributed by atoms with Gasteiger partial charge in [0.05, 0.1) is 0 Å². The van der Waals surface area contributed by atoms with Crippen molar-refractivity contribution in [2.75, 3.05) is 19.8 Å². The molecular weight excluding hydrogens is 378 g/mol. The number of rotatable bonds is 8. The summed E-state index contributed by atoms with van der Waals surface area (Å²) in [6.07, 6.45) is 7.40. The predicted octanol–water partition coefficient (Wildman–Crippen LogP) is 2.71. The van der Waals surface area contributed by atoms with Crippen LogP contribution in [-0.4, -0.2) is 42.1 Å². The van der Waals surface area contributed by atoms with E-state index in [9.17, 15) is 10.2 Å². The van der Waals surface area contributed by atoms with E-state index >= 15 is 0 Å². The van der Waals surface area contributed by atoms with Crippen LogP contribution in [0.2, 0.25) is 0 Å². The summed E-state index contributed by atoms with van der Waals surface area (Å²) in [5.74, 6) is 3.85. The molecule has 0 saturated heterocycles. The number of hydrogen-bond donors (Lipinski definition) is 3. The third kappa shape index (κ3) is 6.07. The summed E-state index contributed by atoms with van der Waals surface area (Å²) in [4.78, 5) is 0. The summed E-state index contributed by atoms with van der Waals surface area (Å²) in [5, 5.41) is 23.3. The van der Waals surface area contributed by atoms with E-state index in [1.165, 1.54) is 11.1 Å². The number of fused-ring (bicyclic) bond motifs is 1. The third-order valence-electron chi connectivity index (χ3n) is 4.65. The lowest BCUT2D eigenvalue weighted by Crippen LogP contribution is -2.40. The molecule has 3 rings (SSSR count). The second-order valence-corrected chi connectivity index (χ2v) is 6.71. The Morgan fingerprint density at radius 1 is 1.14 bits per heavy atom. The Bertz CT molecular complexity index is 805. The zero-order valence-electron chi connectivity index (χ0n) is 15.6. The van der Waals surface area contributed by atoms with Crippen molar-refractivity contribution in [3.05, 3.63) is 53.6 Å². The molecule has 3 N–H and O–H groups in total. The molecule has 0 heterocycles. The lowest BCUT2D eigenvalue weighted by molar-refractivity contribution is 0.101. The van der Waals surface area contributed by atoms with E-state index < -0.39 is 6.10 Å². The minimum Gasteiger partial charge on any atom is -0.508 e. The van der Waals surface area contributed by atoms with Gasteiger partial charge in [-0.1, -0.05) is 24.1 Å². The maximum Gasteiger partial charge on any atom is 0.162 e. The highest BCUT2D eigenvalue weighted by Crippen LogP contribution is 2.27. The van der Waals surface area contributed by atoms with Gasteiger partial charge in [-0.2, -0.15) is 0 Å². The normalized spacial score (nSPS) is 16.2. The molecule has 5 nitrogen and oxygen atoms in total. The highest BCUT2D eigenvalue weighted by Gasteiger charge is 2.19. The Labute approximate surface area is 172 Å². The number of ether oxygens (including phenoxy) is 2. The van der Waals surface area contributed by atoms with Crippen LogP contribution in [-0.2, 0) is 12.8 Å². The van der Waals surface area contributed by atoms with Gasteiger partial charge >= 0.3 is 0 Å². The largest absolute Gasteiger partial charge is 0.508 e. The van der Waals surface area contributed by atoms with Crippen LogP contribution in [0, 0.1) is 12.3 Å². The van der Waals surface area contributed by atoms with Crippen molar-refractivity contribution >= 4 is 12.4 Å². The fraction of sp³-hybridized carbons (Fsp3) is 0.364. The molecule has 2 atom stereocenters. The lowest BCUT2D eigenvalue weighted by atomic mass is 9.88. The Morgan fingerprint density at radius 3 is 2.64 bits per heavy atom. The maximum absolute atomic E-state index is 10.2. The Kier molecular flexibility index (Phi) is 8.46. The van der Waals surface area contributed by atoms with E-state index in [0.717, 1.165) is 19.3 Å². The molecule has 6 heteroatoms. The Balaban J connectivity index is 0.00000280. The van der Waals surface area contributed by atoms with Gasteiger partial charge in [-0.3, -0.25) is 0 Å². The van der Waals surface area contributed by atoms with Crippen molar-refractivity contribution < 1.29 is 19.7 Å². The molecule has 0 aromatic heterocycles. The monoisotopic (exact) mass is 403 g/mol. The first-order valence-corrected chi connectivity index (χ1v) is 9.16. The van der Waals surface area contributed by atoms with Crippen molar-refractivity contribution in [1.82, 2.24) is 5.32 Å². The Morgan fingerprint density at radius 2 is 1.89 bits per heavy atom. The number of aromatic hydroxyl groups is 1. The van der Waals surface area contributed by atoms with Crippen molar-refractivity contribution in [3.8, 4) is 29.6 Å². The highest BCUT2D eigenvalue weighted by molar-refractivity contribution is 5.85. The molecule has 1 aliphatic carbocycles. The Hall–Kier alpha value is -2.39. The first-order chi connectivity index (χ1) is 13.2. The summed E-state index contributed by atoms with van der Waals surface area (Å²) in [7, 11) is 0. The smallest absolute Gasteiger partial charge is 0.162 e. The van der Waals surface area contributed by atoms with E-state index in [4.69, 9.17) is 15.9 Å². The third-order valence-corrected chi connectivity index (χ3v) is 4.65. The zero-order valence-corrected chi connectivity index (χ0v) is 16.5. The molecule has 1 aliphatic rings. The summed E-state index contributed by atoms with van der Waals surface area (Å²) in [5.41, 5.74) is 2.46. The first kappa shape index (κ1) is 21.9. The summed E-state index contributed by atoms with van der Waals surface area (Å²) < 4.78 is 11.1. The van der Waals surface area contributed by atoms with Gasteiger partial charge in [0.15, 0.2) is 11.5 Å². The van der Waals surface area contributed by atoms with Gasteiger partial charge in [0.2, 0.25) is 0 Å². The highest BCUT2D eigenvalue weighted by atomic mass is 35.5. The van der Waals surface area contributed by atoms with Crippen LogP contribution in [0.3, 0.4) is 0 Å². The van der Waals surface area contributed by atoms with Crippen LogP contribution in [0.1, 0.15) is 17.5 Å². The molecule has 0 aliphatic heterocycles. The topological polar surface area (TPSA) is 71.0 Å². The quantitative estimate of drug-likeness (QED) is 0.591. The van der Waals surface area contributed by atoms with E-state index in [2.05, 4.69) is 11.2 Å². The molecule has 0 saturated carbocycles. The van der Waals surface area contributed by atoms with Gasteiger partial charge in [-0.25, -0.2) is 0 Å². The van der Waals surface area contributed by atoms with Crippen molar-refractivity contribution in [1.29, 1.82) is 0 Å². The van der Waals surface area contributed by atoms with Crippen LogP contribution in [0.5, 0.6) is 17.2 Å². The van der Waals surface area contributed by atoms with Crippen LogP contribution < -0.4 is 14.8 Å². The van der Waals surface area contributed by atoms with E-state index in [1.54, 1.807) is 18.2 Å². The molecule has 2 aromatic carbocycles. The molecule has 0 bridgehead atoms. The second-order valence-electron chi connectivity index (χ2n) is 6.71. The molecule has 28 heavy (non-hydrogen) atoms. The number of halogens is 1. The molecule has 0 fully saturated rings. The minimum atomic E-state index is -0.642. The number of para-hydroxylation sites is 2. The average molecular weight is 404 g/mol. The van der Waals surface area contributed by atoms with Crippen LogP contribution >= 0.6 is 12.4 Å². The summed E-state index contributed by atoms with van der Waals surface area (Å²) in [6, 6.07) is 13.1. The number of benzene rings is 2. The molecule has 0 amide bonds. The van der Waals surface area contributed by atoms with Gasteiger partial charge in [0, 0.05) is 12.6 Å². The van der Waals surface area contributed by atoms with Crippen LogP contribution in [0.15, 0.2) is 42.5 Å². The lowest BCUT2D eigenvalue weighted by Gasteiger charge is -2.26. The molecule has 0 spiro atoms. The standard InChI is InChI=1S/C22H25NO4.ClH/c1-2-11-26-21-5-3-4-6-22(21)27-15-20(25)14-23-18-9-7-16-8-10-19(24)13-17(16)12-18;/h1,3-6,8,10,13,18,20,23-25H,7,9,11-12,14-15H2;1H. The fourth-order valence-corrected chi connectivity index (χ4v) is 3.27. The molecule has 2 aromatic rings. The number of phenols is 1. The number of aryl methyl sites for hydroxylation is 1. The van der Waals surface area contributed by atoms with Crippen molar-refractivity contribution in [3.63, 3.8) is 0 Å². The summed E-state index contributed by atoms with van der Waals surface area (Å²) >= 11 is 0. The number of phenolic OH excluding ortho intramolecular Hbond substituents is 1. The fourth-order valence-electron chi connectivity index (χ4n) is 3.27. The SMILES string of the molecule is C#CCOc1ccccc1OCC(O)CNC1CCc2ccc(O)cc2C1.Cl. The first-order valence-electron chi connectivity index (χ1n) is 9.16. The predicted molar refractivity (Wildman–Crippen MR) is 111 cm³/mol. The molecule has 0 radical (unpaired) electrons. The van der Waals surface area contributed by atoms with Gasteiger partial charge < -0.3 is 25.0 Å².